The minimum Gasteiger partial charge on any atom is -0.457 e. The Balaban J connectivity index is 1.26. The molecule has 1 aliphatic heterocycles. The summed E-state index contributed by atoms with van der Waals surface area (Å²) in [6.07, 6.45) is 8.04. The molecule has 2 aliphatic rings. The highest BCUT2D eigenvalue weighted by molar-refractivity contribution is 5.93. The fourth-order valence-electron chi connectivity index (χ4n) is 5.41. The molecule has 1 N–H and O–H groups in total. The van der Waals surface area contributed by atoms with Crippen molar-refractivity contribution in [3.63, 3.8) is 0 Å². The Kier molecular flexibility index (Phi) is 5.66. The second kappa shape index (κ2) is 9.23. The van der Waals surface area contributed by atoms with Crippen LogP contribution in [0.1, 0.15) is 30.7 Å². The van der Waals surface area contributed by atoms with E-state index in [0.717, 1.165) is 45.5 Å². The standard InChI is InChI=1S/C29H26F2N6O2/c1-17-34-22-5-4-21(9-24(22)35-17)39-26-7-6-23-28(27(26)19-3-2-8-38-16-19)36-25(13-32-23)20-12-33-37(15-20)14-18-10-29(30,31)11-18/h3-7,9,12-13,15,18H,2,8,10-11,14,16H2,1H3,(H,34,35). The van der Waals surface area contributed by atoms with Gasteiger partial charge >= 0.3 is 0 Å². The number of aromatic amines is 1. The number of aryl methyl sites for hydroxylation is 1. The Hall–Kier alpha value is -4.18. The van der Waals surface area contributed by atoms with Gasteiger partial charge in [0.1, 0.15) is 22.8 Å². The molecular weight excluding hydrogens is 502 g/mol. The van der Waals surface area contributed by atoms with Gasteiger partial charge in [0.25, 0.3) is 0 Å². The number of halogens is 2. The fourth-order valence-corrected chi connectivity index (χ4v) is 5.41. The van der Waals surface area contributed by atoms with Crippen molar-refractivity contribution in [1.82, 2.24) is 29.7 Å². The number of benzene rings is 2. The summed E-state index contributed by atoms with van der Waals surface area (Å²) in [6, 6.07) is 9.57. The van der Waals surface area contributed by atoms with E-state index in [2.05, 4.69) is 26.1 Å². The fraction of sp³-hybridized carbons (Fsp3) is 0.310. The lowest BCUT2D eigenvalue weighted by Crippen LogP contribution is -2.37. The van der Waals surface area contributed by atoms with E-state index in [1.54, 1.807) is 17.1 Å². The van der Waals surface area contributed by atoms with Crippen molar-refractivity contribution in [2.24, 2.45) is 5.92 Å². The summed E-state index contributed by atoms with van der Waals surface area (Å²) >= 11 is 0. The lowest BCUT2D eigenvalue weighted by atomic mass is 9.81. The second-order valence-corrected chi connectivity index (χ2v) is 10.3. The molecule has 1 fully saturated rings. The van der Waals surface area contributed by atoms with Crippen LogP contribution in [-0.4, -0.2) is 48.9 Å². The maximum atomic E-state index is 13.3. The minimum absolute atomic E-state index is 0.0649. The molecule has 198 valence electrons. The molecule has 5 aromatic rings. The average Bonchev–Trinajstić information content (AvgIpc) is 3.53. The molecule has 4 heterocycles. The topological polar surface area (TPSA) is 90.7 Å². The third kappa shape index (κ3) is 4.65. The zero-order valence-corrected chi connectivity index (χ0v) is 21.3. The summed E-state index contributed by atoms with van der Waals surface area (Å²) in [6.45, 7) is 3.50. The SMILES string of the molecule is Cc1nc2ccc(Oc3ccc4ncc(-c5cnn(CC6CC(F)(F)C6)c5)nc4c3C3=CCCOC3)cc2[nH]1. The van der Waals surface area contributed by atoms with Crippen LogP contribution in [-0.2, 0) is 11.3 Å². The molecule has 0 atom stereocenters. The van der Waals surface area contributed by atoms with Crippen LogP contribution in [0.3, 0.4) is 0 Å². The Bertz CT molecular complexity index is 1730. The number of nitrogens with one attached hydrogen (secondary N) is 1. The zero-order valence-electron chi connectivity index (χ0n) is 21.3. The number of H-pyrrole nitrogens is 1. The van der Waals surface area contributed by atoms with Gasteiger partial charge in [-0.2, -0.15) is 5.10 Å². The van der Waals surface area contributed by atoms with Gasteiger partial charge in [-0.05, 0) is 49.1 Å². The van der Waals surface area contributed by atoms with Gasteiger partial charge < -0.3 is 14.5 Å². The summed E-state index contributed by atoms with van der Waals surface area (Å²) in [4.78, 5) is 17.4. The number of alkyl halides is 2. The molecule has 1 saturated carbocycles. The molecule has 0 bridgehead atoms. The summed E-state index contributed by atoms with van der Waals surface area (Å²) in [7, 11) is 0. The quantitative estimate of drug-likeness (QED) is 0.277. The first-order valence-corrected chi connectivity index (χ1v) is 13.0. The lowest BCUT2D eigenvalue weighted by molar-refractivity contribution is -0.114. The van der Waals surface area contributed by atoms with Crippen LogP contribution < -0.4 is 4.74 Å². The average molecular weight is 529 g/mol. The van der Waals surface area contributed by atoms with Crippen LogP contribution >= 0.6 is 0 Å². The third-order valence-electron chi connectivity index (χ3n) is 7.26. The molecule has 7 rings (SSSR count). The molecule has 39 heavy (non-hydrogen) atoms. The van der Waals surface area contributed by atoms with E-state index in [9.17, 15) is 8.78 Å². The predicted molar refractivity (Wildman–Crippen MR) is 143 cm³/mol. The molecule has 2 aromatic carbocycles. The lowest BCUT2D eigenvalue weighted by Gasteiger charge is -2.34. The summed E-state index contributed by atoms with van der Waals surface area (Å²) < 4.78 is 40.5. The van der Waals surface area contributed by atoms with Crippen molar-refractivity contribution in [1.29, 1.82) is 0 Å². The van der Waals surface area contributed by atoms with Crippen LogP contribution in [0, 0.1) is 12.8 Å². The number of aromatic nitrogens is 6. The summed E-state index contributed by atoms with van der Waals surface area (Å²) in [5, 5.41) is 4.39. The normalized spacial score (nSPS) is 17.4. The molecule has 3 aromatic heterocycles. The third-order valence-corrected chi connectivity index (χ3v) is 7.26. The molecule has 0 radical (unpaired) electrons. The van der Waals surface area contributed by atoms with Gasteiger partial charge in [-0.25, -0.2) is 18.7 Å². The van der Waals surface area contributed by atoms with E-state index in [1.807, 2.05) is 43.5 Å². The highest BCUT2D eigenvalue weighted by Crippen LogP contribution is 2.43. The van der Waals surface area contributed by atoms with Gasteiger partial charge in [0.05, 0.1) is 53.4 Å². The van der Waals surface area contributed by atoms with Gasteiger partial charge in [0, 0.05) is 37.2 Å². The number of imidazole rings is 1. The number of hydrogen-bond donors (Lipinski definition) is 1. The van der Waals surface area contributed by atoms with Gasteiger partial charge in [-0.1, -0.05) is 6.08 Å². The maximum Gasteiger partial charge on any atom is 0.248 e. The monoisotopic (exact) mass is 528 g/mol. The Morgan fingerprint density at radius 3 is 2.82 bits per heavy atom. The number of fused-ring (bicyclic) bond motifs is 2. The first-order valence-electron chi connectivity index (χ1n) is 13.0. The van der Waals surface area contributed by atoms with E-state index in [-0.39, 0.29) is 18.8 Å². The van der Waals surface area contributed by atoms with Crippen molar-refractivity contribution in [2.45, 2.75) is 38.7 Å². The van der Waals surface area contributed by atoms with E-state index in [0.29, 0.717) is 42.5 Å². The largest absolute Gasteiger partial charge is 0.457 e. The molecule has 8 nitrogen and oxygen atoms in total. The Labute approximate surface area is 222 Å². The van der Waals surface area contributed by atoms with Crippen LogP contribution in [0.5, 0.6) is 11.5 Å². The van der Waals surface area contributed by atoms with Gasteiger partial charge in [-0.15, -0.1) is 0 Å². The Morgan fingerprint density at radius 2 is 2.00 bits per heavy atom. The van der Waals surface area contributed by atoms with Crippen LogP contribution in [0.25, 0.3) is 38.9 Å². The van der Waals surface area contributed by atoms with E-state index >= 15 is 0 Å². The highest BCUT2D eigenvalue weighted by Gasteiger charge is 2.45. The van der Waals surface area contributed by atoms with Crippen LogP contribution in [0.4, 0.5) is 8.78 Å². The first kappa shape index (κ1) is 23.9. The Morgan fingerprint density at radius 1 is 1.13 bits per heavy atom. The van der Waals surface area contributed by atoms with Gasteiger partial charge in [0.15, 0.2) is 0 Å². The van der Waals surface area contributed by atoms with E-state index < -0.39 is 5.92 Å². The van der Waals surface area contributed by atoms with E-state index in [1.165, 1.54) is 0 Å². The van der Waals surface area contributed by atoms with Crippen LogP contribution in [0.15, 0.2) is 55.0 Å². The molecule has 1 aliphatic carbocycles. The highest BCUT2D eigenvalue weighted by atomic mass is 19.3. The number of nitrogens with zero attached hydrogens (tertiary/aromatic N) is 5. The van der Waals surface area contributed by atoms with E-state index in [4.69, 9.17) is 14.5 Å². The van der Waals surface area contributed by atoms with Crippen molar-refractivity contribution >= 4 is 27.6 Å². The van der Waals surface area contributed by atoms with Gasteiger partial charge in [0.2, 0.25) is 5.92 Å². The van der Waals surface area contributed by atoms with Crippen molar-refractivity contribution in [3.8, 4) is 22.8 Å². The molecule has 10 heteroatoms. The van der Waals surface area contributed by atoms with Crippen molar-refractivity contribution in [3.05, 3.63) is 66.4 Å². The minimum atomic E-state index is -2.54. The molecular formula is C29H26F2N6O2. The van der Waals surface area contributed by atoms with Crippen LogP contribution in [0.2, 0.25) is 0 Å². The van der Waals surface area contributed by atoms with Crippen molar-refractivity contribution in [2.75, 3.05) is 13.2 Å². The van der Waals surface area contributed by atoms with Crippen molar-refractivity contribution < 1.29 is 18.3 Å². The second-order valence-electron chi connectivity index (χ2n) is 10.3. The summed E-state index contributed by atoms with van der Waals surface area (Å²) in [5.41, 5.74) is 6.48. The smallest absolute Gasteiger partial charge is 0.248 e. The maximum absolute atomic E-state index is 13.3. The molecule has 0 unspecified atom stereocenters. The molecule has 0 saturated heterocycles. The number of ether oxygens (including phenoxy) is 2. The number of hydrogen-bond acceptors (Lipinski definition) is 6. The van der Waals surface area contributed by atoms with Gasteiger partial charge in [-0.3, -0.25) is 9.67 Å². The number of rotatable bonds is 6. The molecule has 0 spiro atoms. The molecule has 0 amide bonds. The zero-order chi connectivity index (χ0) is 26.6. The predicted octanol–water partition coefficient (Wildman–Crippen LogP) is 6.32. The summed E-state index contributed by atoms with van der Waals surface area (Å²) in [5.74, 6) is -0.431. The first-order chi connectivity index (χ1) is 18.9.